The Balaban J connectivity index is 1.79. The van der Waals surface area contributed by atoms with E-state index in [0.29, 0.717) is 21.5 Å². The zero-order chi connectivity index (χ0) is 18.0. The Labute approximate surface area is 155 Å². The van der Waals surface area contributed by atoms with Crippen molar-refractivity contribution < 1.29 is 9.53 Å². The summed E-state index contributed by atoms with van der Waals surface area (Å²) >= 11 is 11.9. The van der Waals surface area contributed by atoms with Gasteiger partial charge in [0.1, 0.15) is 5.75 Å². The standard InChI is InChI=1S/C19H16Cl2N2O2/c1-11-6-7-13-4-3-5-16(18(13)22-11)23-19(24)12(2)25-17-9-8-14(20)10-15(17)21/h3-10,12H,1-2H3,(H,23,24)/t12-/m1/s1. The number of para-hydroxylation sites is 1. The molecule has 0 fully saturated rings. The maximum Gasteiger partial charge on any atom is 0.265 e. The second kappa shape index (κ2) is 7.30. The molecule has 1 amide bonds. The minimum absolute atomic E-state index is 0.290. The smallest absolute Gasteiger partial charge is 0.265 e. The highest BCUT2D eigenvalue weighted by atomic mass is 35.5. The molecule has 2 aromatic carbocycles. The molecule has 3 rings (SSSR count). The van der Waals surface area contributed by atoms with Gasteiger partial charge in [-0.1, -0.05) is 41.4 Å². The van der Waals surface area contributed by atoms with Gasteiger partial charge in [-0.25, -0.2) is 0 Å². The molecule has 0 bridgehead atoms. The number of rotatable bonds is 4. The van der Waals surface area contributed by atoms with Crippen molar-refractivity contribution in [1.29, 1.82) is 0 Å². The molecule has 0 radical (unpaired) electrons. The van der Waals surface area contributed by atoms with E-state index < -0.39 is 6.10 Å². The van der Waals surface area contributed by atoms with Crippen molar-refractivity contribution >= 4 is 45.7 Å². The average molecular weight is 375 g/mol. The molecule has 0 aliphatic heterocycles. The third-order valence-electron chi connectivity index (χ3n) is 3.68. The van der Waals surface area contributed by atoms with Crippen LogP contribution in [0.4, 0.5) is 5.69 Å². The number of benzene rings is 2. The number of nitrogens with one attached hydrogen (secondary N) is 1. The summed E-state index contributed by atoms with van der Waals surface area (Å²) in [6.07, 6.45) is -0.737. The van der Waals surface area contributed by atoms with Crippen LogP contribution in [0, 0.1) is 6.92 Å². The van der Waals surface area contributed by atoms with E-state index in [9.17, 15) is 4.79 Å². The summed E-state index contributed by atoms with van der Waals surface area (Å²) in [5.74, 6) is 0.113. The van der Waals surface area contributed by atoms with Crippen LogP contribution >= 0.6 is 23.2 Å². The molecule has 128 valence electrons. The van der Waals surface area contributed by atoms with Crippen molar-refractivity contribution in [2.45, 2.75) is 20.0 Å². The number of fused-ring (bicyclic) bond motifs is 1. The largest absolute Gasteiger partial charge is 0.479 e. The summed E-state index contributed by atoms with van der Waals surface area (Å²) in [7, 11) is 0. The maximum atomic E-state index is 12.5. The Bertz CT molecular complexity index is 944. The van der Waals surface area contributed by atoms with Crippen molar-refractivity contribution in [3.63, 3.8) is 0 Å². The Morgan fingerprint density at radius 2 is 1.96 bits per heavy atom. The molecule has 1 atom stereocenters. The minimum atomic E-state index is -0.737. The van der Waals surface area contributed by atoms with Crippen LogP contribution in [0.2, 0.25) is 10.0 Å². The second-order valence-electron chi connectivity index (χ2n) is 5.65. The molecule has 6 heteroatoms. The number of carbonyl (C=O) groups excluding carboxylic acids is 1. The van der Waals surface area contributed by atoms with Gasteiger partial charge < -0.3 is 10.1 Å². The lowest BCUT2D eigenvalue weighted by atomic mass is 10.1. The molecule has 0 aliphatic carbocycles. The number of hydrogen-bond acceptors (Lipinski definition) is 3. The van der Waals surface area contributed by atoms with Gasteiger partial charge in [0, 0.05) is 16.1 Å². The lowest BCUT2D eigenvalue weighted by Gasteiger charge is -2.16. The number of hydrogen-bond donors (Lipinski definition) is 1. The number of ether oxygens (including phenoxy) is 1. The fourth-order valence-corrected chi connectivity index (χ4v) is 2.85. The first-order valence-corrected chi connectivity index (χ1v) is 8.48. The average Bonchev–Trinajstić information content (AvgIpc) is 2.57. The molecule has 0 unspecified atom stereocenters. The molecule has 4 nitrogen and oxygen atoms in total. The molecular formula is C19H16Cl2N2O2. The topological polar surface area (TPSA) is 51.2 Å². The highest BCUT2D eigenvalue weighted by Gasteiger charge is 2.17. The van der Waals surface area contributed by atoms with Gasteiger partial charge in [0.25, 0.3) is 5.91 Å². The number of halogens is 2. The quantitative estimate of drug-likeness (QED) is 0.677. The van der Waals surface area contributed by atoms with Crippen molar-refractivity contribution in [1.82, 2.24) is 4.98 Å². The number of pyridine rings is 1. The van der Waals surface area contributed by atoms with Crippen LogP contribution in [0.15, 0.2) is 48.5 Å². The van der Waals surface area contributed by atoms with Gasteiger partial charge in [0.2, 0.25) is 0 Å². The van der Waals surface area contributed by atoms with Crippen LogP contribution in [0.1, 0.15) is 12.6 Å². The van der Waals surface area contributed by atoms with Gasteiger partial charge in [-0.05, 0) is 44.2 Å². The molecular weight excluding hydrogens is 359 g/mol. The van der Waals surface area contributed by atoms with E-state index in [4.69, 9.17) is 27.9 Å². The van der Waals surface area contributed by atoms with Gasteiger partial charge in [0.05, 0.1) is 16.2 Å². The second-order valence-corrected chi connectivity index (χ2v) is 6.50. The van der Waals surface area contributed by atoms with Gasteiger partial charge in [-0.3, -0.25) is 9.78 Å². The van der Waals surface area contributed by atoms with E-state index in [2.05, 4.69) is 10.3 Å². The van der Waals surface area contributed by atoms with E-state index in [0.717, 1.165) is 16.6 Å². The summed E-state index contributed by atoms with van der Waals surface area (Å²) in [5, 5.41) is 4.69. The Morgan fingerprint density at radius 1 is 1.16 bits per heavy atom. The summed E-state index contributed by atoms with van der Waals surface area (Å²) in [5.41, 5.74) is 2.27. The summed E-state index contributed by atoms with van der Waals surface area (Å²) in [6, 6.07) is 14.4. The zero-order valence-electron chi connectivity index (χ0n) is 13.7. The first-order valence-electron chi connectivity index (χ1n) is 7.73. The molecule has 1 aromatic heterocycles. The monoisotopic (exact) mass is 374 g/mol. The van der Waals surface area contributed by atoms with Crippen molar-refractivity contribution in [3.8, 4) is 5.75 Å². The summed E-state index contributed by atoms with van der Waals surface area (Å²) in [6.45, 7) is 3.57. The SMILES string of the molecule is Cc1ccc2cccc(NC(=O)[C@@H](C)Oc3ccc(Cl)cc3Cl)c2n1. The lowest BCUT2D eigenvalue weighted by molar-refractivity contribution is -0.122. The van der Waals surface area contributed by atoms with Gasteiger partial charge >= 0.3 is 0 Å². The number of aromatic nitrogens is 1. The number of aryl methyl sites for hydroxylation is 1. The molecule has 25 heavy (non-hydrogen) atoms. The fourth-order valence-electron chi connectivity index (χ4n) is 2.39. The van der Waals surface area contributed by atoms with Crippen LogP contribution in [0.3, 0.4) is 0 Å². The van der Waals surface area contributed by atoms with Crippen molar-refractivity contribution in [2.24, 2.45) is 0 Å². The van der Waals surface area contributed by atoms with Crippen LogP contribution in [0.25, 0.3) is 10.9 Å². The molecule has 0 aliphatic rings. The van der Waals surface area contributed by atoms with Crippen LogP contribution in [-0.4, -0.2) is 17.0 Å². The first kappa shape index (κ1) is 17.5. The molecule has 3 aromatic rings. The third kappa shape index (κ3) is 4.03. The van der Waals surface area contributed by atoms with E-state index in [1.807, 2.05) is 37.3 Å². The van der Waals surface area contributed by atoms with Crippen molar-refractivity contribution in [3.05, 3.63) is 64.3 Å². The third-order valence-corrected chi connectivity index (χ3v) is 4.21. The van der Waals surface area contributed by atoms with E-state index in [-0.39, 0.29) is 5.91 Å². The summed E-state index contributed by atoms with van der Waals surface area (Å²) < 4.78 is 5.65. The summed E-state index contributed by atoms with van der Waals surface area (Å²) in [4.78, 5) is 17.0. The number of anilines is 1. The fraction of sp³-hybridized carbons (Fsp3) is 0.158. The van der Waals surface area contributed by atoms with Gasteiger partial charge in [-0.2, -0.15) is 0 Å². The normalized spacial score (nSPS) is 12.0. The molecule has 0 spiro atoms. The maximum absolute atomic E-state index is 12.5. The Kier molecular flexibility index (Phi) is 5.11. The van der Waals surface area contributed by atoms with Crippen LogP contribution in [-0.2, 0) is 4.79 Å². The van der Waals surface area contributed by atoms with E-state index in [1.165, 1.54) is 0 Å². The molecule has 1 heterocycles. The predicted octanol–water partition coefficient (Wildman–Crippen LogP) is 5.26. The lowest BCUT2D eigenvalue weighted by Crippen LogP contribution is -2.30. The van der Waals surface area contributed by atoms with Crippen LogP contribution < -0.4 is 10.1 Å². The Hall–Kier alpha value is -2.30. The predicted molar refractivity (Wildman–Crippen MR) is 102 cm³/mol. The van der Waals surface area contributed by atoms with Crippen LogP contribution in [0.5, 0.6) is 5.75 Å². The number of carbonyl (C=O) groups is 1. The Morgan fingerprint density at radius 3 is 2.72 bits per heavy atom. The molecule has 1 N–H and O–H groups in total. The highest BCUT2D eigenvalue weighted by Crippen LogP contribution is 2.28. The van der Waals surface area contributed by atoms with E-state index >= 15 is 0 Å². The molecule has 0 saturated heterocycles. The van der Waals surface area contributed by atoms with E-state index in [1.54, 1.807) is 25.1 Å². The van der Waals surface area contributed by atoms with Gasteiger partial charge in [-0.15, -0.1) is 0 Å². The van der Waals surface area contributed by atoms with Crippen molar-refractivity contribution in [2.75, 3.05) is 5.32 Å². The minimum Gasteiger partial charge on any atom is -0.479 e. The molecule has 0 saturated carbocycles. The first-order chi connectivity index (χ1) is 11.9. The zero-order valence-corrected chi connectivity index (χ0v) is 15.2. The highest BCUT2D eigenvalue weighted by molar-refractivity contribution is 6.35. The number of amides is 1. The number of nitrogens with zero attached hydrogens (tertiary/aromatic N) is 1. The van der Waals surface area contributed by atoms with Gasteiger partial charge in [0.15, 0.2) is 6.10 Å².